The van der Waals surface area contributed by atoms with Crippen molar-refractivity contribution in [3.63, 3.8) is 0 Å². The Kier molecular flexibility index (Phi) is 9.60. The van der Waals surface area contributed by atoms with Crippen LogP contribution in [0.15, 0.2) is 0 Å². The van der Waals surface area contributed by atoms with Crippen LogP contribution in [0.3, 0.4) is 0 Å². The van der Waals surface area contributed by atoms with E-state index in [1.165, 1.54) is 0 Å². The molecule has 1 atom stereocenters. The summed E-state index contributed by atoms with van der Waals surface area (Å²) in [7, 11) is 0. The van der Waals surface area contributed by atoms with Gasteiger partial charge in [0, 0.05) is 19.2 Å². The molecule has 0 aromatic heterocycles. The topological polar surface area (TPSA) is 139 Å². The number of nitrogens with one attached hydrogen (secondary N) is 2. The Bertz CT molecular complexity index is 641. The van der Waals surface area contributed by atoms with Crippen LogP contribution in [0, 0.1) is 10.7 Å². The largest absolute Gasteiger partial charge is 0.394 e. The van der Waals surface area contributed by atoms with Gasteiger partial charge in [0.25, 0.3) is 5.91 Å². The van der Waals surface area contributed by atoms with Crippen LogP contribution in [-0.4, -0.2) is 58.1 Å². The lowest BCUT2D eigenvalue weighted by Crippen LogP contribution is -2.35. The third-order valence-corrected chi connectivity index (χ3v) is 6.37. The molecule has 1 rings (SSSR count). The minimum atomic E-state index is -1.08. The molecule has 0 radical (unpaired) electrons. The van der Waals surface area contributed by atoms with E-state index in [4.69, 9.17) is 10.2 Å². The normalized spacial score (nSPS) is 12.0. The van der Waals surface area contributed by atoms with Crippen molar-refractivity contribution in [3.05, 3.63) is 21.8 Å². The fourth-order valence-electron chi connectivity index (χ4n) is 1.71. The van der Waals surface area contributed by atoms with E-state index >= 15 is 0 Å². The molecule has 2 amide bonds. The van der Waals surface area contributed by atoms with Crippen LogP contribution in [0.25, 0.3) is 0 Å². The average molecular weight is 676 g/mol. The molecule has 11 heteroatoms. The quantitative estimate of drug-likeness (QED) is 0.225. The summed E-state index contributed by atoms with van der Waals surface area (Å²) in [5.74, 6) is -1.15. The van der Waals surface area contributed by atoms with Gasteiger partial charge in [0.2, 0.25) is 5.91 Å². The van der Waals surface area contributed by atoms with Crippen molar-refractivity contribution in [2.75, 3.05) is 25.1 Å². The van der Waals surface area contributed by atoms with Crippen molar-refractivity contribution in [1.29, 1.82) is 0 Å². The highest BCUT2D eigenvalue weighted by Crippen LogP contribution is 2.35. The lowest BCUT2D eigenvalue weighted by atomic mass is 10.1. The van der Waals surface area contributed by atoms with Crippen LogP contribution in [0.4, 0.5) is 5.69 Å². The van der Waals surface area contributed by atoms with E-state index in [-0.39, 0.29) is 18.7 Å². The van der Waals surface area contributed by atoms with Crippen molar-refractivity contribution >= 4 is 85.3 Å². The standard InChI is InChI=1S/C13H15I3N2O6/c14-9-6(3-20)10(15)12(18-7(23)4-21)11(16)8(9)13(24)17-1-5(22)2-19/h5,19-22H,1-4H2,(H,17,24)(H,18,23). The van der Waals surface area contributed by atoms with Gasteiger partial charge in [0.15, 0.2) is 0 Å². The van der Waals surface area contributed by atoms with Gasteiger partial charge in [-0.1, -0.05) is 0 Å². The number of rotatable bonds is 7. The summed E-state index contributed by atoms with van der Waals surface area (Å²) in [5, 5.41) is 41.7. The molecule has 1 aromatic rings. The van der Waals surface area contributed by atoms with Gasteiger partial charge in [-0.3, -0.25) is 9.59 Å². The van der Waals surface area contributed by atoms with Crippen LogP contribution in [-0.2, 0) is 11.4 Å². The smallest absolute Gasteiger partial charge is 0.253 e. The van der Waals surface area contributed by atoms with Gasteiger partial charge in [-0.05, 0) is 67.8 Å². The second-order valence-electron chi connectivity index (χ2n) is 4.58. The zero-order valence-corrected chi connectivity index (χ0v) is 18.6. The number of amides is 2. The van der Waals surface area contributed by atoms with Crippen LogP contribution in [0.5, 0.6) is 0 Å². The molecular weight excluding hydrogens is 661 g/mol. The molecule has 24 heavy (non-hydrogen) atoms. The molecule has 8 nitrogen and oxygen atoms in total. The number of carbonyl (C=O) groups excluding carboxylic acids is 2. The maximum atomic E-state index is 12.4. The molecule has 0 bridgehead atoms. The van der Waals surface area contributed by atoms with Gasteiger partial charge in [-0.15, -0.1) is 0 Å². The number of carbonyl (C=O) groups is 2. The first-order chi connectivity index (χ1) is 11.3. The molecule has 0 aliphatic carbocycles. The molecule has 0 aliphatic rings. The minimum absolute atomic E-state index is 0.139. The first-order valence-corrected chi connectivity index (χ1v) is 9.80. The average Bonchev–Trinajstić information content (AvgIpc) is 2.56. The SMILES string of the molecule is O=C(CO)Nc1c(I)c(CO)c(I)c(C(=O)NCC(O)CO)c1I. The van der Waals surface area contributed by atoms with Gasteiger partial charge >= 0.3 is 0 Å². The van der Waals surface area contributed by atoms with Gasteiger partial charge < -0.3 is 31.1 Å². The van der Waals surface area contributed by atoms with E-state index < -0.39 is 31.1 Å². The molecule has 1 unspecified atom stereocenters. The van der Waals surface area contributed by atoms with Crippen LogP contribution in [0.2, 0.25) is 0 Å². The summed E-state index contributed by atoms with van der Waals surface area (Å²) in [6.07, 6.45) is -1.08. The number of hydrogen-bond acceptors (Lipinski definition) is 6. The Morgan fingerprint density at radius 2 is 1.67 bits per heavy atom. The Labute approximate surface area is 178 Å². The van der Waals surface area contributed by atoms with Crippen LogP contribution >= 0.6 is 67.8 Å². The van der Waals surface area contributed by atoms with Crippen molar-refractivity contribution in [3.8, 4) is 0 Å². The van der Waals surface area contributed by atoms with E-state index in [0.29, 0.717) is 22.0 Å². The number of hydrogen-bond donors (Lipinski definition) is 6. The summed E-state index contributed by atoms with van der Waals surface area (Å²) in [6, 6.07) is 0. The first kappa shape index (κ1) is 22.2. The third-order valence-electron chi connectivity index (χ3n) is 2.91. The Balaban J connectivity index is 3.35. The molecule has 0 heterocycles. The lowest BCUT2D eigenvalue weighted by Gasteiger charge is -2.19. The molecule has 0 fully saturated rings. The molecule has 6 N–H and O–H groups in total. The molecule has 0 aliphatic heterocycles. The second kappa shape index (κ2) is 10.4. The van der Waals surface area contributed by atoms with Gasteiger partial charge in [-0.2, -0.15) is 0 Å². The van der Waals surface area contributed by atoms with E-state index in [1.807, 2.05) is 67.8 Å². The summed E-state index contributed by atoms with van der Waals surface area (Å²) in [4.78, 5) is 23.9. The minimum Gasteiger partial charge on any atom is -0.394 e. The predicted molar refractivity (Wildman–Crippen MR) is 112 cm³/mol. The predicted octanol–water partition coefficient (Wildman–Crippen LogP) is 0.00650. The summed E-state index contributed by atoms with van der Waals surface area (Å²) in [5.41, 5.74) is 1.03. The number of aliphatic hydroxyl groups excluding tert-OH is 4. The maximum absolute atomic E-state index is 12.4. The lowest BCUT2D eigenvalue weighted by molar-refractivity contribution is -0.118. The Morgan fingerprint density at radius 3 is 2.17 bits per heavy atom. The zero-order chi connectivity index (χ0) is 18.4. The number of benzene rings is 1. The number of anilines is 1. The number of aliphatic hydroxyl groups is 4. The Morgan fingerprint density at radius 1 is 1.04 bits per heavy atom. The van der Waals surface area contributed by atoms with E-state index in [9.17, 15) is 19.8 Å². The molecule has 134 valence electrons. The fraction of sp³-hybridized carbons (Fsp3) is 0.385. The molecule has 1 aromatic carbocycles. The summed E-state index contributed by atoms with van der Waals surface area (Å²) in [6.45, 7) is -1.67. The zero-order valence-electron chi connectivity index (χ0n) is 12.1. The summed E-state index contributed by atoms with van der Waals surface area (Å²) >= 11 is 5.77. The molecule has 0 saturated heterocycles. The highest BCUT2D eigenvalue weighted by Gasteiger charge is 2.25. The third kappa shape index (κ3) is 5.34. The number of halogens is 3. The van der Waals surface area contributed by atoms with E-state index in [1.54, 1.807) is 0 Å². The highest BCUT2D eigenvalue weighted by atomic mass is 127. The van der Waals surface area contributed by atoms with Crippen molar-refractivity contribution in [2.45, 2.75) is 12.7 Å². The van der Waals surface area contributed by atoms with Crippen LogP contribution < -0.4 is 10.6 Å². The summed E-state index contributed by atoms with van der Waals surface area (Å²) < 4.78 is 1.52. The first-order valence-electron chi connectivity index (χ1n) is 6.56. The molecule has 0 spiro atoms. The van der Waals surface area contributed by atoms with Gasteiger partial charge in [0.1, 0.15) is 6.61 Å². The molecule has 0 saturated carbocycles. The van der Waals surface area contributed by atoms with Crippen molar-refractivity contribution in [1.82, 2.24) is 5.32 Å². The van der Waals surface area contributed by atoms with Crippen molar-refractivity contribution < 1.29 is 30.0 Å². The maximum Gasteiger partial charge on any atom is 0.253 e. The van der Waals surface area contributed by atoms with Crippen LogP contribution in [0.1, 0.15) is 15.9 Å². The monoisotopic (exact) mass is 676 g/mol. The fourth-order valence-corrected chi connectivity index (χ4v) is 5.97. The highest BCUT2D eigenvalue weighted by molar-refractivity contribution is 14.1. The molecular formula is C13H15I3N2O6. The van der Waals surface area contributed by atoms with Crippen molar-refractivity contribution in [2.24, 2.45) is 0 Å². The van der Waals surface area contributed by atoms with E-state index in [0.717, 1.165) is 0 Å². The van der Waals surface area contributed by atoms with Gasteiger partial charge in [0.05, 0.1) is 34.1 Å². The van der Waals surface area contributed by atoms with Gasteiger partial charge in [-0.25, -0.2) is 0 Å². The Hall–Kier alpha value is 0.190. The second-order valence-corrected chi connectivity index (χ2v) is 7.82. The van der Waals surface area contributed by atoms with E-state index in [2.05, 4.69) is 10.6 Å².